The Morgan fingerprint density at radius 1 is 1.22 bits per heavy atom. The van der Waals surface area contributed by atoms with Gasteiger partial charge in [-0.3, -0.25) is 4.79 Å². The normalized spacial score (nSPS) is 18.2. The quantitative estimate of drug-likeness (QED) is 0.850. The van der Waals surface area contributed by atoms with Gasteiger partial charge >= 0.3 is 0 Å². The number of carbonyl (C=O) groups excluding carboxylic acids is 1. The molecule has 1 saturated carbocycles. The predicted molar refractivity (Wildman–Crippen MR) is 83.9 cm³/mol. The number of fused-ring (bicyclic) bond motifs is 1. The molecule has 0 unspecified atom stereocenters. The van der Waals surface area contributed by atoms with Gasteiger partial charge in [0.05, 0.1) is 18.1 Å². The number of benzene rings is 1. The summed E-state index contributed by atoms with van der Waals surface area (Å²) in [6.45, 7) is 2.84. The van der Waals surface area contributed by atoms with Gasteiger partial charge in [0.25, 0.3) is 15.9 Å². The summed E-state index contributed by atoms with van der Waals surface area (Å²) < 4.78 is 37.7. The van der Waals surface area contributed by atoms with Gasteiger partial charge < -0.3 is 9.47 Å². The summed E-state index contributed by atoms with van der Waals surface area (Å²) in [6, 6.07) is 4.33. The first-order valence-corrected chi connectivity index (χ1v) is 9.09. The number of hydrogen-bond acceptors (Lipinski definition) is 5. The summed E-state index contributed by atoms with van der Waals surface area (Å²) >= 11 is 0. The van der Waals surface area contributed by atoms with Gasteiger partial charge in [-0.05, 0) is 37.8 Å². The fourth-order valence-corrected chi connectivity index (χ4v) is 3.35. The van der Waals surface area contributed by atoms with E-state index in [0.29, 0.717) is 30.6 Å². The molecule has 1 fully saturated rings. The third-order valence-corrected chi connectivity index (χ3v) is 5.19. The molecule has 6 nitrogen and oxygen atoms in total. The molecule has 1 aromatic carbocycles. The largest absolute Gasteiger partial charge is 0.490 e. The smallest absolute Gasteiger partial charge is 0.264 e. The molecule has 0 bridgehead atoms. The molecule has 2 aliphatic rings. The first-order valence-electron chi connectivity index (χ1n) is 7.60. The molecule has 0 saturated heterocycles. The lowest BCUT2D eigenvalue weighted by molar-refractivity contribution is -0.114. The molecule has 1 aliphatic carbocycles. The van der Waals surface area contributed by atoms with Gasteiger partial charge in [-0.25, -0.2) is 13.1 Å². The van der Waals surface area contributed by atoms with Crippen molar-refractivity contribution in [2.75, 3.05) is 13.2 Å². The van der Waals surface area contributed by atoms with E-state index in [4.69, 9.17) is 9.47 Å². The molecule has 1 aromatic rings. The Balaban J connectivity index is 1.78. The van der Waals surface area contributed by atoms with Gasteiger partial charge in [-0.2, -0.15) is 0 Å². The molecule has 0 radical (unpaired) electrons. The Hall–Kier alpha value is -2.02. The molecule has 3 rings (SSSR count). The lowest BCUT2D eigenvalue weighted by Gasteiger charge is -2.10. The van der Waals surface area contributed by atoms with E-state index >= 15 is 0 Å². The zero-order valence-electron chi connectivity index (χ0n) is 12.9. The first kappa shape index (κ1) is 15.9. The van der Waals surface area contributed by atoms with Crippen LogP contribution in [0.3, 0.4) is 0 Å². The van der Waals surface area contributed by atoms with Crippen LogP contribution >= 0.6 is 0 Å². The lowest BCUT2D eigenvalue weighted by Crippen LogP contribution is -2.29. The second-order valence-corrected chi connectivity index (χ2v) is 7.47. The molecule has 1 heterocycles. The predicted octanol–water partition coefficient (Wildman–Crippen LogP) is 2.01. The van der Waals surface area contributed by atoms with E-state index in [1.54, 1.807) is 6.07 Å². The highest BCUT2D eigenvalue weighted by atomic mass is 32.2. The van der Waals surface area contributed by atoms with E-state index in [9.17, 15) is 13.2 Å². The molecule has 0 aromatic heterocycles. The Bertz CT molecular complexity index is 750. The van der Waals surface area contributed by atoms with Crippen LogP contribution in [0.1, 0.15) is 26.2 Å². The van der Waals surface area contributed by atoms with E-state index in [0.717, 1.165) is 24.8 Å². The minimum absolute atomic E-state index is 0.0208. The van der Waals surface area contributed by atoms with Gasteiger partial charge in [0.2, 0.25) is 0 Å². The van der Waals surface area contributed by atoms with E-state index in [2.05, 4.69) is 4.72 Å². The number of rotatable bonds is 4. The van der Waals surface area contributed by atoms with Crippen LogP contribution in [0, 0.1) is 5.92 Å². The van der Waals surface area contributed by atoms with E-state index < -0.39 is 15.9 Å². The lowest BCUT2D eigenvalue weighted by atomic mass is 10.2. The van der Waals surface area contributed by atoms with Crippen LogP contribution < -0.4 is 14.2 Å². The molecule has 0 atom stereocenters. The van der Waals surface area contributed by atoms with Gasteiger partial charge in [0.1, 0.15) is 0 Å². The average Bonchev–Trinajstić information content (AvgIpc) is 3.32. The van der Waals surface area contributed by atoms with Crippen LogP contribution in [-0.2, 0) is 14.8 Å². The van der Waals surface area contributed by atoms with Crippen molar-refractivity contribution < 1.29 is 22.7 Å². The Morgan fingerprint density at radius 2 is 1.91 bits per heavy atom. The van der Waals surface area contributed by atoms with Crippen LogP contribution in [-0.4, -0.2) is 27.5 Å². The van der Waals surface area contributed by atoms with Gasteiger partial charge in [-0.15, -0.1) is 0 Å². The highest BCUT2D eigenvalue weighted by Crippen LogP contribution is 2.36. The highest BCUT2D eigenvalue weighted by Gasteiger charge is 2.25. The highest BCUT2D eigenvalue weighted by molar-refractivity contribution is 7.90. The van der Waals surface area contributed by atoms with Crippen LogP contribution in [0.4, 0.5) is 0 Å². The molecule has 124 valence electrons. The number of nitrogens with one attached hydrogen (secondary N) is 1. The van der Waals surface area contributed by atoms with Crippen molar-refractivity contribution in [3.8, 4) is 11.5 Å². The SMILES string of the molecule is CC(=CC(=O)NS(=O)(=O)c1ccc2c(c1)OCCCO2)C1CC1. The number of sulfonamides is 1. The van der Waals surface area contributed by atoms with Crippen molar-refractivity contribution in [1.82, 2.24) is 4.72 Å². The topological polar surface area (TPSA) is 81.7 Å². The summed E-state index contributed by atoms with van der Waals surface area (Å²) in [5.41, 5.74) is 0.913. The van der Waals surface area contributed by atoms with Crippen molar-refractivity contribution >= 4 is 15.9 Å². The standard InChI is InChI=1S/C16H19NO5S/c1-11(12-3-4-12)9-16(18)17-23(19,20)13-5-6-14-15(10-13)22-8-2-7-21-14/h5-6,9-10,12H,2-4,7-8H2,1H3,(H,17,18). The van der Waals surface area contributed by atoms with E-state index in [1.165, 1.54) is 18.2 Å². The maximum absolute atomic E-state index is 12.3. The molecule has 0 spiro atoms. The van der Waals surface area contributed by atoms with Crippen LogP contribution in [0.25, 0.3) is 0 Å². The van der Waals surface area contributed by atoms with E-state index in [1.807, 2.05) is 6.92 Å². The number of allylic oxidation sites excluding steroid dienone is 1. The van der Waals surface area contributed by atoms with Crippen molar-refractivity contribution in [1.29, 1.82) is 0 Å². The zero-order valence-corrected chi connectivity index (χ0v) is 13.7. The van der Waals surface area contributed by atoms with E-state index in [-0.39, 0.29) is 4.90 Å². The summed E-state index contributed by atoms with van der Waals surface area (Å²) in [4.78, 5) is 11.9. The van der Waals surface area contributed by atoms with Crippen LogP contribution in [0.15, 0.2) is 34.7 Å². The summed E-state index contributed by atoms with van der Waals surface area (Å²) in [7, 11) is -3.94. The third kappa shape index (κ3) is 3.85. The van der Waals surface area contributed by atoms with Crippen molar-refractivity contribution in [2.45, 2.75) is 31.1 Å². The summed E-state index contributed by atoms with van der Waals surface area (Å²) in [5.74, 6) is 0.683. The van der Waals surface area contributed by atoms with Crippen LogP contribution in [0.2, 0.25) is 0 Å². The summed E-state index contributed by atoms with van der Waals surface area (Å²) in [6.07, 6.45) is 4.21. The maximum Gasteiger partial charge on any atom is 0.264 e. The average molecular weight is 337 g/mol. The molecule has 1 aliphatic heterocycles. The molecule has 1 N–H and O–H groups in total. The number of carbonyl (C=O) groups is 1. The number of ether oxygens (including phenoxy) is 2. The van der Waals surface area contributed by atoms with Crippen molar-refractivity contribution in [3.63, 3.8) is 0 Å². The van der Waals surface area contributed by atoms with Gasteiger partial charge in [-0.1, -0.05) is 5.57 Å². The second kappa shape index (κ2) is 6.23. The monoisotopic (exact) mass is 337 g/mol. The van der Waals surface area contributed by atoms with Crippen molar-refractivity contribution in [2.24, 2.45) is 5.92 Å². The maximum atomic E-state index is 12.3. The molecular formula is C16H19NO5S. The first-order chi connectivity index (χ1) is 11.0. The second-order valence-electron chi connectivity index (χ2n) is 5.79. The molecular weight excluding hydrogens is 318 g/mol. The van der Waals surface area contributed by atoms with Crippen molar-refractivity contribution in [3.05, 3.63) is 29.8 Å². The number of hydrogen-bond donors (Lipinski definition) is 1. The fraction of sp³-hybridized carbons (Fsp3) is 0.438. The minimum atomic E-state index is -3.94. The Morgan fingerprint density at radius 3 is 2.61 bits per heavy atom. The summed E-state index contributed by atoms with van der Waals surface area (Å²) in [5, 5.41) is 0. The number of amides is 1. The van der Waals surface area contributed by atoms with Gasteiger partial charge in [0, 0.05) is 18.6 Å². The molecule has 23 heavy (non-hydrogen) atoms. The molecule has 7 heteroatoms. The third-order valence-electron chi connectivity index (χ3n) is 3.84. The zero-order chi connectivity index (χ0) is 16.4. The Labute approximate surface area is 135 Å². The van der Waals surface area contributed by atoms with Crippen LogP contribution in [0.5, 0.6) is 11.5 Å². The Kier molecular flexibility index (Phi) is 4.30. The fourth-order valence-electron chi connectivity index (χ4n) is 2.39. The molecule has 1 amide bonds. The van der Waals surface area contributed by atoms with Gasteiger partial charge in [0.15, 0.2) is 11.5 Å². The minimum Gasteiger partial charge on any atom is -0.490 e.